The Labute approximate surface area is 111 Å². The smallest absolute Gasteiger partial charge is 0.140 e. The van der Waals surface area contributed by atoms with Crippen LogP contribution in [0.1, 0.15) is 0 Å². The molecule has 16 heavy (non-hydrogen) atoms. The third kappa shape index (κ3) is 2.74. The van der Waals surface area contributed by atoms with Crippen LogP contribution in [0.2, 0.25) is 0 Å². The molecule has 2 heterocycles. The predicted molar refractivity (Wildman–Crippen MR) is 70.7 cm³/mol. The molecule has 0 aromatic carbocycles. The molecular formula is C10H13Br2N3O. The first-order valence-electron chi connectivity index (χ1n) is 5.02. The van der Waals surface area contributed by atoms with Crippen LogP contribution in [0, 0.1) is 0 Å². The molecule has 1 unspecified atom stereocenters. The Bertz CT molecular complexity index is 375. The molecule has 1 aliphatic heterocycles. The van der Waals surface area contributed by atoms with Gasteiger partial charge >= 0.3 is 0 Å². The van der Waals surface area contributed by atoms with Gasteiger partial charge in [-0.15, -0.1) is 0 Å². The van der Waals surface area contributed by atoms with Crippen molar-refractivity contribution in [2.45, 2.75) is 12.1 Å². The molecule has 1 fully saturated rings. The van der Waals surface area contributed by atoms with Crippen molar-refractivity contribution in [1.29, 1.82) is 0 Å². The van der Waals surface area contributed by atoms with Gasteiger partial charge in [-0.1, -0.05) is 0 Å². The summed E-state index contributed by atoms with van der Waals surface area (Å²) in [6.07, 6.45) is 1.97. The van der Waals surface area contributed by atoms with Gasteiger partial charge in [-0.2, -0.15) is 0 Å². The molecule has 0 spiro atoms. The van der Waals surface area contributed by atoms with Crippen LogP contribution in [0.25, 0.3) is 0 Å². The number of methoxy groups -OCH3 is 1. The van der Waals surface area contributed by atoms with E-state index in [1.54, 1.807) is 13.3 Å². The first kappa shape index (κ1) is 12.3. The number of aromatic nitrogens is 1. The molecule has 88 valence electrons. The SMILES string of the molecule is CO[C@H]1CNCC1Nc1ncc(Br)cc1Br. The lowest BCUT2D eigenvalue weighted by molar-refractivity contribution is 0.111. The van der Waals surface area contributed by atoms with E-state index in [9.17, 15) is 0 Å². The summed E-state index contributed by atoms with van der Waals surface area (Å²) in [6.45, 7) is 1.77. The lowest BCUT2D eigenvalue weighted by atomic mass is 10.2. The second-order valence-electron chi connectivity index (χ2n) is 3.67. The van der Waals surface area contributed by atoms with Crippen molar-refractivity contribution in [3.8, 4) is 0 Å². The molecule has 2 rings (SSSR count). The van der Waals surface area contributed by atoms with Crippen molar-refractivity contribution in [2.75, 3.05) is 25.5 Å². The minimum absolute atomic E-state index is 0.192. The van der Waals surface area contributed by atoms with E-state index in [2.05, 4.69) is 47.5 Å². The minimum atomic E-state index is 0.192. The fraction of sp³-hybridized carbons (Fsp3) is 0.500. The first-order valence-corrected chi connectivity index (χ1v) is 6.60. The molecule has 2 atom stereocenters. The lowest BCUT2D eigenvalue weighted by Crippen LogP contribution is -2.33. The Balaban J connectivity index is 2.08. The van der Waals surface area contributed by atoms with Gasteiger partial charge in [-0.05, 0) is 37.9 Å². The van der Waals surface area contributed by atoms with Gasteiger partial charge < -0.3 is 15.4 Å². The van der Waals surface area contributed by atoms with Crippen molar-refractivity contribution in [3.63, 3.8) is 0 Å². The van der Waals surface area contributed by atoms with Gasteiger partial charge in [0.25, 0.3) is 0 Å². The van der Waals surface area contributed by atoms with E-state index in [-0.39, 0.29) is 12.1 Å². The molecule has 0 bridgehead atoms. The quantitative estimate of drug-likeness (QED) is 0.875. The largest absolute Gasteiger partial charge is 0.378 e. The van der Waals surface area contributed by atoms with E-state index >= 15 is 0 Å². The highest BCUT2D eigenvalue weighted by Crippen LogP contribution is 2.24. The van der Waals surface area contributed by atoms with Gasteiger partial charge in [0.15, 0.2) is 0 Å². The van der Waals surface area contributed by atoms with Crippen LogP contribution >= 0.6 is 31.9 Å². The molecule has 1 aliphatic rings. The third-order valence-electron chi connectivity index (χ3n) is 2.59. The van der Waals surface area contributed by atoms with Crippen molar-refractivity contribution in [1.82, 2.24) is 10.3 Å². The monoisotopic (exact) mass is 349 g/mol. The molecule has 1 saturated heterocycles. The molecule has 0 amide bonds. The van der Waals surface area contributed by atoms with E-state index in [1.807, 2.05) is 6.07 Å². The summed E-state index contributed by atoms with van der Waals surface area (Å²) in [4.78, 5) is 4.32. The maximum absolute atomic E-state index is 5.38. The lowest BCUT2D eigenvalue weighted by Gasteiger charge is -2.19. The maximum atomic E-state index is 5.38. The van der Waals surface area contributed by atoms with E-state index in [0.29, 0.717) is 0 Å². The fourth-order valence-electron chi connectivity index (χ4n) is 1.74. The Morgan fingerprint density at radius 2 is 2.31 bits per heavy atom. The van der Waals surface area contributed by atoms with Gasteiger partial charge in [-0.25, -0.2) is 4.98 Å². The van der Waals surface area contributed by atoms with Gasteiger partial charge in [0.2, 0.25) is 0 Å². The number of rotatable bonds is 3. The van der Waals surface area contributed by atoms with Gasteiger partial charge in [0.1, 0.15) is 5.82 Å². The third-order valence-corrected chi connectivity index (χ3v) is 3.63. The summed E-state index contributed by atoms with van der Waals surface area (Å²) in [5, 5.41) is 6.66. The van der Waals surface area contributed by atoms with Crippen LogP contribution in [-0.2, 0) is 4.74 Å². The Hall–Kier alpha value is -0.170. The molecule has 2 N–H and O–H groups in total. The molecule has 4 nitrogen and oxygen atoms in total. The standard InChI is InChI=1S/C10H13Br2N3O/c1-16-9-5-13-4-8(9)15-10-7(12)2-6(11)3-14-10/h2-3,8-9,13H,4-5H2,1H3,(H,14,15)/t8?,9-/m0/s1. The minimum Gasteiger partial charge on any atom is -0.378 e. The van der Waals surface area contributed by atoms with Crippen LogP contribution < -0.4 is 10.6 Å². The predicted octanol–water partition coefficient (Wildman–Crippen LogP) is 2.01. The van der Waals surface area contributed by atoms with Crippen molar-refractivity contribution >= 4 is 37.7 Å². The average molecular weight is 351 g/mol. The van der Waals surface area contributed by atoms with Gasteiger partial charge in [0.05, 0.1) is 16.6 Å². The second-order valence-corrected chi connectivity index (χ2v) is 5.44. The van der Waals surface area contributed by atoms with Crippen molar-refractivity contribution in [3.05, 3.63) is 21.2 Å². The summed E-state index contributed by atoms with van der Waals surface area (Å²) >= 11 is 6.86. The topological polar surface area (TPSA) is 46.2 Å². The highest BCUT2D eigenvalue weighted by atomic mass is 79.9. The number of hydrogen-bond donors (Lipinski definition) is 2. The van der Waals surface area contributed by atoms with Crippen LogP contribution in [0.3, 0.4) is 0 Å². The number of hydrogen-bond acceptors (Lipinski definition) is 4. The summed E-state index contributed by atoms with van der Waals surface area (Å²) < 4.78 is 7.29. The van der Waals surface area contributed by atoms with Crippen LogP contribution in [0.15, 0.2) is 21.2 Å². The summed E-state index contributed by atoms with van der Waals surface area (Å²) in [5.74, 6) is 0.846. The Morgan fingerprint density at radius 3 is 3.00 bits per heavy atom. The van der Waals surface area contributed by atoms with E-state index < -0.39 is 0 Å². The molecule has 1 aromatic heterocycles. The zero-order valence-corrected chi connectivity index (χ0v) is 12.0. The Kier molecular flexibility index (Phi) is 4.18. The van der Waals surface area contributed by atoms with Crippen molar-refractivity contribution in [2.24, 2.45) is 0 Å². The molecular weight excluding hydrogens is 338 g/mol. The van der Waals surface area contributed by atoms with E-state index in [1.165, 1.54) is 0 Å². The highest BCUT2D eigenvalue weighted by molar-refractivity contribution is 9.11. The number of halogens is 2. The molecule has 0 radical (unpaired) electrons. The molecule has 1 aromatic rings. The van der Waals surface area contributed by atoms with Crippen molar-refractivity contribution < 1.29 is 4.74 Å². The van der Waals surface area contributed by atoms with Gasteiger partial charge in [0, 0.05) is 30.9 Å². The highest BCUT2D eigenvalue weighted by Gasteiger charge is 2.27. The average Bonchev–Trinajstić information content (AvgIpc) is 2.69. The zero-order chi connectivity index (χ0) is 11.5. The summed E-state index contributed by atoms with van der Waals surface area (Å²) in [7, 11) is 1.73. The molecule has 0 aliphatic carbocycles. The zero-order valence-electron chi connectivity index (χ0n) is 8.84. The summed E-state index contributed by atoms with van der Waals surface area (Å²) in [5.41, 5.74) is 0. The Morgan fingerprint density at radius 1 is 1.50 bits per heavy atom. The maximum Gasteiger partial charge on any atom is 0.140 e. The second kappa shape index (κ2) is 5.44. The van der Waals surface area contributed by atoms with Gasteiger partial charge in [-0.3, -0.25) is 0 Å². The van der Waals surface area contributed by atoms with E-state index in [4.69, 9.17) is 4.74 Å². The molecule has 0 saturated carbocycles. The van der Waals surface area contributed by atoms with Crippen LogP contribution in [0.4, 0.5) is 5.82 Å². The number of pyridine rings is 1. The van der Waals surface area contributed by atoms with Crippen LogP contribution in [-0.4, -0.2) is 37.3 Å². The fourth-order valence-corrected chi connectivity index (χ4v) is 2.84. The number of nitrogens with one attached hydrogen (secondary N) is 2. The van der Waals surface area contributed by atoms with Crippen LogP contribution in [0.5, 0.6) is 0 Å². The number of ether oxygens (including phenoxy) is 1. The normalized spacial score (nSPS) is 24.7. The molecule has 6 heteroatoms. The number of anilines is 1. The van der Waals surface area contributed by atoms with E-state index in [0.717, 1.165) is 27.9 Å². The number of nitrogens with zero attached hydrogens (tertiary/aromatic N) is 1. The first-order chi connectivity index (χ1) is 7.70. The summed E-state index contributed by atoms with van der Waals surface area (Å²) in [6, 6.07) is 2.23.